The molecule has 0 bridgehead atoms. The maximum atomic E-state index is 12.2. The van der Waals surface area contributed by atoms with Crippen LogP contribution in [0, 0.1) is 6.92 Å². The molecular weight excluding hydrogens is 330 g/mol. The van der Waals surface area contributed by atoms with Gasteiger partial charge in [-0.25, -0.2) is 23.1 Å². The summed E-state index contributed by atoms with van der Waals surface area (Å²) in [5.41, 5.74) is 0.363. The Morgan fingerprint density at radius 1 is 1.45 bits per heavy atom. The molecule has 116 valence electrons. The van der Waals surface area contributed by atoms with E-state index in [4.69, 9.17) is 16.0 Å². The standard InChI is InChI=1S/C13H12ClN3O4S/c1-7-11(21-13(16-7)8-2-3-8)12(18)17-22(19,20)9-4-5-15-10(14)6-9/h4-6,8H,2-3H2,1H3,(H,17,18). The first-order valence-corrected chi connectivity index (χ1v) is 8.39. The van der Waals surface area contributed by atoms with E-state index in [1.54, 1.807) is 6.92 Å². The lowest BCUT2D eigenvalue weighted by atomic mass is 10.4. The topological polar surface area (TPSA) is 102 Å². The quantitative estimate of drug-likeness (QED) is 0.853. The van der Waals surface area contributed by atoms with Crippen molar-refractivity contribution in [1.82, 2.24) is 14.7 Å². The first-order valence-electron chi connectivity index (χ1n) is 6.53. The summed E-state index contributed by atoms with van der Waals surface area (Å²) in [6, 6.07) is 2.39. The summed E-state index contributed by atoms with van der Waals surface area (Å²) in [6.45, 7) is 1.60. The van der Waals surface area contributed by atoms with Gasteiger partial charge in [-0.15, -0.1) is 0 Å². The van der Waals surface area contributed by atoms with Crippen LogP contribution in [-0.4, -0.2) is 24.3 Å². The molecule has 0 aliphatic heterocycles. The Balaban J connectivity index is 1.84. The summed E-state index contributed by atoms with van der Waals surface area (Å²) < 4.78 is 31.6. The fraction of sp³-hybridized carbons (Fsp3) is 0.308. The molecule has 1 saturated carbocycles. The van der Waals surface area contributed by atoms with Crippen LogP contribution in [0.1, 0.15) is 40.9 Å². The lowest BCUT2D eigenvalue weighted by Crippen LogP contribution is -2.30. The number of hydrogen-bond donors (Lipinski definition) is 1. The Hall–Kier alpha value is -1.93. The number of aryl methyl sites for hydroxylation is 1. The van der Waals surface area contributed by atoms with Gasteiger partial charge in [-0.2, -0.15) is 0 Å². The van der Waals surface area contributed by atoms with E-state index in [2.05, 4.69) is 9.97 Å². The van der Waals surface area contributed by atoms with Gasteiger partial charge in [-0.3, -0.25) is 4.79 Å². The lowest BCUT2D eigenvalue weighted by molar-refractivity contribution is 0.0952. The molecule has 0 radical (unpaired) electrons. The van der Waals surface area contributed by atoms with E-state index in [1.165, 1.54) is 12.3 Å². The van der Waals surface area contributed by atoms with E-state index < -0.39 is 15.9 Å². The predicted octanol–water partition coefficient (Wildman–Crippen LogP) is 2.03. The smallest absolute Gasteiger partial charge is 0.302 e. The average molecular weight is 342 g/mol. The molecule has 0 unspecified atom stereocenters. The van der Waals surface area contributed by atoms with Crippen LogP contribution >= 0.6 is 11.6 Å². The average Bonchev–Trinajstić information content (AvgIpc) is 3.21. The van der Waals surface area contributed by atoms with Gasteiger partial charge in [0, 0.05) is 12.1 Å². The molecule has 1 fully saturated rings. The number of amides is 1. The summed E-state index contributed by atoms with van der Waals surface area (Å²) in [5, 5.41) is 0.0159. The van der Waals surface area contributed by atoms with Gasteiger partial charge in [0.15, 0.2) is 5.89 Å². The van der Waals surface area contributed by atoms with Crippen molar-refractivity contribution in [3.8, 4) is 0 Å². The van der Waals surface area contributed by atoms with Gasteiger partial charge in [0.05, 0.1) is 10.6 Å². The summed E-state index contributed by atoms with van der Waals surface area (Å²) in [4.78, 5) is 19.8. The highest BCUT2D eigenvalue weighted by atomic mass is 35.5. The van der Waals surface area contributed by atoms with Gasteiger partial charge in [0.25, 0.3) is 10.0 Å². The van der Waals surface area contributed by atoms with Crippen molar-refractivity contribution in [1.29, 1.82) is 0 Å². The molecule has 22 heavy (non-hydrogen) atoms. The molecule has 1 amide bonds. The van der Waals surface area contributed by atoms with Gasteiger partial charge < -0.3 is 4.42 Å². The second-order valence-electron chi connectivity index (χ2n) is 4.99. The van der Waals surface area contributed by atoms with Crippen molar-refractivity contribution in [3.05, 3.63) is 40.8 Å². The molecule has 1 aliphatic carbocycles. The van der Waals surface area contributed by atoms with E-state index >= 15 is 0 Å². The zero-order valence-corrected chi connectivity index (χ0v) is 13.1. The molecule has 0 aromatic carbocycles. The Morgan fingerprint density at radius 3 is 2.82 bits per heavy atom. The maximum absolute atomic E-state index is 12.2. The molecule has 1 aliphatic rings. The molecule has 0 saturated heterocycles. The largest absolute Gasteiger partial charge is 0.435 e. The number of carbonyl (C=O) groups is 1. The molecule has 7 nitrogen and oxygen atoms in total. The number of nitrogens with zero attached hydrogens (tertiary/aromatic N) is 2. The van der Waals surface area contributed by atoms with Crippen LogP contribution in [0.25, 0.3) is 0 Å². The molecular formula is C13H12ClN3O4S. The van der Waals surface area contributed by atoms with E-state index in [0.29, 0.717) is 11.6 Å². The van der Waals surface area contributed by atoms with Crippen molar-refractivity contribution >= 4 is 27.5 Å². The lowest BCUT2D eigenvalue weighted by Gasteiger charge is -2.05. The van der Waals surface area contributed by atoms with Crippen LogP contribution in [0.2, 0.25) is 5.15 Å². The van der Waals surface area contributed by atoms with Crippen molar-refractivity contribution in [2.75, 3.05) is 0 Å². The van der Waals surface area contributed by atoms with Crippen molar-refractivity contribution in [3.63, 3.8) is 0 Å². The summed E-state index contributed by atoms with van der Waals surface area (Å²) in [6.07, 6.45) is 3.18. The Morgan fingerprint density at radius 2 is 2.18 bits per heavy atom. The normalized spacial score (nSPS) is 14.8. The number of carbonyl (C=O) groups excluding carboxylic acids is 1. The number of halogens is 1. The maximum Gasteiger partial charge on any atom is 0.302 e. The highest BCUT2D eigenvalue weighted by Crippen LogP contribution is 2.40. The first-order chi connectivity index (χ1) is 10.4. The predicted molar refractivity (Wildman–Crippen MR) is 77.1 cm³/mol. The monoisotopic (exact) mass is 341 g/mol. The minimum absolute atomic E-state index is 0.0159. The Labute approximate surface area is 131 Å². The van der Waals surface area contributed by atoms with Crippen molar-refractivity contribution in [2.24, 2.45) is 0 Å². The molecule has 0 atom stereocenters. The summed E-state index contributed by atoms with van der Waals surface area (Å²) >= 11 is 5.66. The van der Waals surface area contributed by atoms with Crippen molar-refractivity contribution in [2.45, 2.75) is 30.6 Å². The van der Waals surface area contributed by atoms with Gasteiger partial charge >= 0.3 is 5.91 Å². The number of aromatic nitrogens is 2. The zero-order chi connectivity index (χ0) is 15.9. The summed E-state index contributed by atoms with van der Waals surface area (Å²) in [7, 11) is -4.05. The molecule has 0 spiro atoms. The Bertz CT molecular complexity index is 843. The summed E-state index contributed by atoms with van der Waals surface area (Å²) in [5.74, 6) is -0.238. The zero-order valence-electron chi connectivity index (χ0n) is 11.5. The third-order valence-electron chi connectivity index (χ3n) is 3.18. The molecule has 2 aromatic rings. The van der Waals surface area contributed by atoms with E-state index in [1.807, 2.05) is 4.72 Å². The van der Waals surface area contributed by atoms with Crippen LogP contribution in [-0.2, 0) is 10.0 Å². The fourth-order valence-corrected chi connectivity index (χ4v) is 3.11. The van der Waals surface area contributed by atoms with Crippen LogP contribution in [0.5, 0.6) is 0 Å². The first kappa shape index (κ1) is 15.0. The van der Waals surface area contributed by atoms with Crippen LogP contribution < -0.4 is 4.72 Å². The second kappa shape index (κ2) is 5.36. The van der Waals surface area contributed by atoms with Crippen LogP contribution in [0.4, 0.5) is 0 Å². The number of sulfonamides is 1. The minimum Gasteiger partial charge on any atom is -0.435 e. The number of oxazole rings is 1. The van der Waals surface area contributed by atoms with Gasteiger partial charge in [-0.1, -0.05) is 11.6 Å². The van der Waals surface area contributed by atoms with E-state index in [-0.39, 0.29) is 21.7 Å². The SMILES string of the molecule is Cc1nc(C2CC2)oc1C(=O)NS(=O)(=O)c1ccnc(Cl)c1. The number of nitrogens with one attached hydrogen (secondary N) is 1. The number of rotatable bonds is 4. The van der Waals surface area contributed by atoms with Crippen LogP contribution in [0.3, 0.4) is 0 Å². The van der Waals surface area contributed by atoms with Gasteiger partial charge in [-0.05, 0) is 31.9 Å². The fourth-order valence-electron chi connectivity index (χ4n) is 1.91. The van der Waals surface area contributed by atoms with E-state index in [0.717, 1.165) is 18.9 Å². The molecule has 2 aromatic heterocycles. The molecule has 9 heteroatoms. The van der Waals surface area contributed by atoms with Gasteiger partial charge in [0.2, 0.25) is 5.76 Å². The molecule has 3 rings (SSSR count). The van der Waals surface area contributed by atoms with E-state index in [9.17, 15) is 13.2 Å². The molecule has 2 heterocycles. The van der Waals surface area contributed by atoms with Gasteiger partial charge in [0.1, 0.15) is 5.15 Å². The second-order valence-corrected chi connectivity index (χ2v) is 7.06. The number of hydrogen-bond acceptors (Lipinski definition) is 6. The third kappa shape index (κ3) is 2.97. The Kier molecular flexibility index (Phi) is 3.65. The third-order valence-corrected chi connectivity index (χ3v) is 4.72. The minimum atomic E-state index is -4.05. The van der Waals surface area contributed by atoms with Crippen LogP contribution in [0.15, 0.2) is 27.6 Å². The highest BCUT2D eigenvalue weighted by molar-refractivity contribution is 7.90. The number of pyridine rings is 1. The van der Waals surface area contributed by atoms with Crippen molar-refractivity contribution < 1.29 is 17.6 Å². The highest BCUT2D eigenvalue weighted by Gasteiger charge is 2.31. The molecule has 1 N–H and O–H groups in total.